The van der Waals surface area contributed by atoms with Crippen molar-refractivity contribution < 1.29 is 9.13 Å². The first-order valence-corrected chi connectivity index (χ1v) is 9.26. The molecule has 0 N–H and O–H groups in total. The van der Waals surface area contributed by atoms with Gasteiger partial charge in [-0.15, -0.1) is 0 Å². The second-order valence-corrected chi connectivity index (χ2v) is 7.01. The molecule has 0 aliphatic carbocycles. The zero-order valence-corrected chi connectivity index (χ0v) is 15.6. The number of hydrogen-bond acceptors (Lipinski definition) is 4. The summed E-state index contributed by atoms with van der Waals surface area (Å²) < 4.78 is 20.7. The van der Waals surface area contributed by atoms with Gasteiger partial charge in [0.2, 0.25) is 0 Å². The van der Waals surface area contributed by atoms with Crippen molar-refractivity contribution >= 4 is 5.69 Å². The molecule has 27 heavy (non-hydrogen) atoms. The minimum Gasteiger partial charge on any atom is -0.378 e. The molecule has 1 fully saturated rings. The maximum Gasteiger partial charge on any atom is 0.161 e. The van der Waals surface area contributed by atoms with E-state index in [2.05, 4.69) is 40.6 Å². The normalized spacial score (nSPS) is 14.7. The van der Waals surface area contributed by atoms with E-state index in [1.807, 2.05) is 12.4 Å². The molecular formula is C21H23FN4O. The molecule has 1 aromatic carbocycles. The molecule has 1 saturated heterocycles. The molecule has 0 spiro atoms. The number of aromatic nitrogens is 3. The number of nitrogens with zero attached hydrogens (tertiary/aromatic N) is 4. The lowest BCUT2D eigenvalue weighted by Crippen LogP contribution is -2.35. The van der Waals surface area contributed by atoms with Crippen molar-refractivity contribution in [2.75, 3.05) is 31.2 Å². The largest absolute Gasteiger partial charge is 0.378 e. The molecule has 1 aliphatic rings. The monoisotopic (exact) mass is 366 g/mol. The molecule has 3 aromatic rings. The summed E-state index contributed by atoms with van der Waals surface area (Å²) in [5.74, 6) is 1.48. The minimum atomic E-state index is -0.265. The molecular weight excluding hydrogens is 343 g/mol. The average molecular weight is 366 g/mol. The van der Waals surface area contributed by atoms with Crippen LogP contribution in [0.15, 0.2) is 48.9 Å². The first kappa shape index (κ1) is 17.7. The van der Waals surface area contributed by atoms with Crippen molar-refractivity contribution in [3.8, 4) is 17.2 Å². The molecule has 4 rings (SSSR count). The van der Waals surface area contributed by atoms with E-state index in [4.69, 9.17) is 9.72 Å². The van der Waals surface area contributed by atoms with Crippen LogP contribution in [0.5, 0.6) is 0 Å². The summed E-state index contributed by atoms with van der Waals surface area (Å²) in [7, 11) is 0. The lowest BCUT2D eigenvalue weighted by atomic mass is 10.1. The number of halogens is 1. The van der Waals surface area contributed by atoms with E-state index in [0.29, 0.717) is 5.82 Å². The Kier molecular flexibility index (Phi) is 4.90. The molecule has 0 atom stereocenters. The van der Waals surface area contributed by atoms with Gasteiger partial charge in [0.1, 0.15) is 11.6 Å². The SMILES string of the molecule is CC(C)c1cnc(-c2ccc(F)cc2)nc1-n1ccc(N2CCOCC2)c1. The summed E-state index contributed by atoms with van der Waals surface area (Å²) in [5, 5.41) is 0. The van der Waals surface area contributed by atoms with Gasteiger partial charge in [0.15, 0.2) is 5.82 Å². The van der Waals surface area contributed by atoms with E-state index < -0.39 is 0 Å². The predicted molar refractivity (Wildman–Crippen MR) is 104 cm³/mol. The number of benzene rings is 1. The topological polar surface area (TPSA) is 43.2 Å². The summed E-state index contributed by atoms with van der Waals surface area (Å²) >= 11 is 0. The highest BCUT2D eigenvalue weighted by molar-refractivity contribution is 5.57. The van der Waals surface area contributed by atoms with E-state index in [1.54, 1.807) is 12.1 Å². The van der Waals surface area contributed by atoms with Gasteiger partial charge in [-0.25, -0.2) is 14.4 Å². The highest BCUT2D eigenvalue weighted by Gasteiger charge is 2.16. The van der Waals surface area contributed by atoms with Gasteiger partial charge in [0.25, 0.3) is 0 Å². The Labute approximate surface area is 158 Å². The first-order chi connectivity index (χ1) is 13.1. The number of rotatable bonds is 4. The molecule has 6 heteroatoms. The molecule has 0 radical (unpaired) electrons. The van der Waals surface area contributed by atoms with Crippen molar-refractivity contribution in [2.24, 2.45) is 0 Å². The van der Waals surface area contributed by atoms with Gasteiger partial charge in [0, 0.05) is 42.8 Å². The van der Waals surface area contributed by atoms with Gasteiger partial charge < -0.3 is 14.2 Å². The van der Waals surface area contributed by atoms with Crippen molar-refractivity contribution in [3.05, 3.63) is 60.3 Å². The van der Waals surface area contributed by atoms with E-state index in [1.165, 1.54) is 12.1 Å². The molecule has 0 saturated carbocycles. The Bertz CT molecular complexity index is 914. The maximum atomic E-state index is 13.2. The zero-order valence-electron chi connectivity index (χ0n) is 15.6. The molecule has 1 aliphatic heterocycles. The molecule has 0 bridgehead atoms. The highest BCUT2D eigenvalue weighted by atomic mass is 19.1. The standard InChI is InChI=1S/C21H23FN4O/c1-15(2)19-13-23-20(16-3-5-17(22)6-4-16)24-21(19)26-8-7-18(14-26)25-9-11-27-12-10-25/h3-8,13-15H,9-12H2,1-2H3. The van der Waals surface area contributed by atoms with Crippen molar-refractivity contribution in [1.29, 1.82) is 0 Å². The Hall–Kier alpha value is -2.73. The maximum absolute atomic E-state index is 13.2. The number of morpholine rings is 1. The van der Waals surface area contributed by atoms with E-state index in [-0.39, 0.29) is 11.7 Å². The van der Waals surface area contributed by atoms with Crippen LogP contribution in [0.3, 0.4) is 0 Å². The molecule has 0 amide bonds. The summed E-state index contributed by atoms with van der Waals surface area (Å²) in [4.78, 5) is 11.6. The Balaban J connectivity index is 1.72. The fraction of sp³-hybridized carbons (Fsp3) is 0.333. The van der Waals surface area contributed by atoms with Crippen LogP contribution in [0.4, 0.5) is 10.1 Å². The van der Waals surface area contributed by atoms with Crippen molar-refractivity contribution in [2.45, 2.75) is 19.8 Å². The van der Waals surface area contributed by atoms with Gasteiger partial charge in [0.05, 0.1) is 18.9 Å². The molecule has 5 nitrogen and oxygen atoms in total. The zero-order chi connectivity index (χ0) is 18.8. The highest BCUT2D eigenvalue weighted by Crippen LogP contribution is 2.26. The summed E-state index contributed by atoms with van der Waals surface area (Å²) in [6.07, 6.45) is 6.02. The Morgan fingerprint density at radius 2 is 1.81 bits per heavy atom. The average Bonchev–Trinajstić information content (AvgIpc) is 3.19. The molecule has 3 heterocycles. The van der Waals surface area contributed by atoms with Gasteiger partial charge >= 0.3 is 0 Å². The lowest BCUT2D eigenvalue weighted by molar-refractivity contribution is 0.122. The molecule has 2 aromatic heterocycles. The van der Waals surface area contributed by atoms with E-state index in [9.17, 15) is 4.39 Å². The van der Waals surface area contributed by atoms with Crippen LogP contribution in [-0.2, 0) is 4.74 Å². The van der Waals surface area contributed by atoms with Crippen LogP contribution in [0.25, 0.3) is 17.2 Å². The molecule has 0 unspecified atom stereocenters. The Morgan fingerprint density at radius 3 is 2.52 bits per heavy atom. The second-order valence-electron chi connectivity index (χ2n) is 7.01. The third-order valence-corrected chi connectivity index (χ3v) is 4.82. The summed E-state index contributed by atoms with van der Waals surface area (Å²) in [5.41, 5.74) is 3.04. The smallest absolute Gasteiger partial charge is 0.161 e. The van der Waals surface area contributed by atoms with Gasteiger partial charge in [-0.05, 0) is 36.2 Å². The van der Waals surface area contributed by atoms with Crippen molar-refractivity contribution in [1.82, 2.24) is 14.5 Å². The quantitative estimate of drug-likeness (QED) is 0.699. The van der Waals surface area contributed by atoms with Crippen LogP contribution in [0, 0.1) is 5.82 Å². The minimum absolute atomic E-state index is 0.265. The third-order valence-electron chi connectivity index (χ3n) is 4.82. The molecule has 140 valence electrons. The van der Waals surface area contributed by atoms with Gasteiger partial charge in [-0.1, -0.05) is 13.8 Å². The summed E-state index contributed by atoms with van der Waals surface area (Å²) in [6, 6.07) is 8.38. The first-order valence-electron chi connectivity index (χ1n) is 9.26. The second kappa shape index (κ2) is 7.48. The van der Waals surface area contributed by atoms with Crippen LogP contribution < -0.4 is 4.90 Å². The van der Waals surface area contributed by atoms with Crippen LogP contribution in [0.2, 0.25) is 0 Å². The number of anilines is 1. The Morgan fingerprint density at radius 1 is 1.07 bits per heavy atom. The van der Waals surface area contributed by atoms with Gasteiger partial charge in [-0.2, -0.15) is 0 Å². The van der Waals surface area contributed by atoms with Crippen molar-refractivity contribution in [3.63, 3.8) is 0 Å². The third kappa shape index (κ3) is 3.71. The van der Waals surface area contributed by atoms with E-state index >= 15 is 0 Å². The number of ether oxygens (including phenoxy) is 1. The van der Waals surface area contributed by atoms with Crippen LogP contribution in [-0.4, -0.2) is 40.8 Å². The van der Waals surface area contributed by atoms with Crippen LogP contribution >= 0.6 is 0 Å². The summed E-state index contributed by atoms with van der Waals surface area (Å²) in [6.45, 7) is 7.56. The predicted octanol–water partition coefficient (Wildman–Crippen LogP) is 4.03. The fourth-order valence-corrected chi connectivity index (χ4v) is 3.26. The lowest BCUT2D eigenvalue weighted by Gasteiger charge is -2.27. The fourth-order valence-electron chi connectivity index (χ4n) is 3.26. The number of hydrogen-bond donors (Lipinski definition) is 0. The van der Waals surface area contributed by atoms with E-state index in [0.717, 1.165) is 48.9 Å². The van der Waals surface area contributed by atoms with Gasteiger partial charge in [-0.3, -0.25) is 0 Å². The van der Waals surface area contributed by atoms with Crippen LogP contribution in [0.1, 0.15) is 25.3 Å².